The molecule has 0 aromatic heterocycles. The number of amides is 1. The Morgan fingerprint density at radius 3 is 2.47 bits per heavy atom. The highest BCUT2D eigenvalue weighted by Gasteiger charge is 2.15. The van der Waals surface area contributed by atoms with Crippen molar-refractivity contribution in [2.24, 2.45) is 5.73 Å². The molecule has 2 N–H and O–H groups in total. The molecule has 1 rings (SSSR count). The van der Waals surface area contributed by atoms with Crippen molar-refractivity contribution in [3.05, 3.63) is 23.8 Å². The fraction of sp³-hybridized carbons (Fsp3) is 0.500. The van der Waals surface area contributed by atoms with Gasteiger partial charge in [0, 0.05) is 18.7 Å². The van der Waals surface area contributed by atoms with Crippen molar-refractivity contribution in [1.29, 1.82) is 0 Å². The molecular formula is C14H22N2O3. The maximum atomic E-state index is 12.3. The molecule has 0 fully saturated rings. The zero-order valence-corrected chi connectivity index (χ0v) is 11.8. The van der Waals surface area contributed by atoms with Crippen LogP contribution in [0.15, 0.2) is 18.2 Å². The Hall–Kier alpha value is -1.75. The summed E-state index contributed by atoms with van der Waals surface area (Å²) in [4.78, 5) is 14.1. The summed E-state index contributed by atoms with van der Waals surface area (Å²) < 4.78 is 10.4. The second-order valence-corrected chi connectivity index (χ2v) is 4.10. The van der Waals surface area contributed by atoms with E-state index in [1.54, 1.807) is 37.3 Å². The number of nitrogens with two attached hydrogens (primary N) is 1. The van der Waals surface area contributed by atoms with E-state index in [2.05, 4.69) is 0 Å². The quantitative estimate of drug-likeness (QED) is 0.812. The van der Waals surface area contributed by atoms with Gasteiger partial charge < -0.3 is 20.1 Å². The predicted octanol–water partition coefficient (Wildman–Crippen LogP) is 1.51. The number of rotatable bonds is 7. The normalized spacial score (nSPS) is 10.1. The summed E-state index contributed by atoms with van der Waals surface area (Å²) in [6.07, 6.45) is 0.798. The van der Waals surface area contributed by atoms with E-state index < -0.39 is 0 Å². The van der Waals surface area contributed by atoms with Gasteiger partial charge in [0.2, 0.25) is 0 Å². The maximum Gasteiger partial charge on any atom is 0.253 e. The number of carbonyl (C=O) groups excluding carboxylic acids is 1. The average Bonchev–Trinajstić information content (AvgIpc) is 2.46. The van der Waals surface area contributed by atoms with Crippen molar-refractivity contribution < 1.29 is 14.3 Å². The van der Waals surface area contributed by atoms with E-state index in [-0.39, 0.29) is 5.91 Å². The fourth-order valence-electron chi connectivity index (χ4n) is 1.84. The molecule has 0 aliphatic carbocycles. The average molecular weight is 266 g/mol. The molecule has 1 amide bonds. The van der Waals surface area contributed by atoms with Gasteiger partial charge in [0.25, 0.3) is 5.91 Å². The highest BCUT2D eigenvalue weighted by molar-refractivity contribution is 5.94. The van der Waals surface area contributed by atoms with Crippen LogP contribution in [0.1, 0.15) is 23.7 Å². The summed E-state index contributed by atoms with van der Waals surface area (Å²) in [5.41, 5.74) is 6.07. The molecule has 106 valence electrons. The first-order valence-electron chi connectivity index (χ1n) is 6.39. The van der Waals surface area contributed by atoms with Gasteiger partial charge in [-0.05, 0) is 38.1 Å². The van der Waals surface area contributed by atoms with Crippen molar-refractivity contribution in [1.82, 2.24) is 4.90 Å². The van der Waals surface area contributed by atoms with Gasteiger partial charge in [-0.15, -0.1) is 0 Å². The molecule has 0 bridgehead atoms. The topological polar surface area (TPSA) is 64.8 Å². The molecule has 0 spiro atoms. The lowest BCUT2D eigenvalue weighted by atomic mass is 10.1. The highest BCUT2D eigenvalue weighted by Crippen LogP contribution is 2.28. The number of benzene rings is 1. The van der Waals surface area contributed by atoms with Crippen molar-refractivity contribution in [3.8, 4) is 11.5 Å². The summed E-state index contributed by atoms with van der Waals surface area (Å²) in [5, 5.41) is 0. The third-order valence-corrected chi connectivity index (χ3v) is 2.93. The third-order valence-electron chi connectivity index (χ3n) is 2.93. The minimum Gasteiger partial charge on any atom is -0.493 e. The minimum atomic E-state index is -0.0168. The molecule has 0 radical (unpaired) electrons. The van der Waals surface area contributed by atoms with E-state index in [4.69, 9.17) is 15.2 Å². The lowest BCUT2D eigenvalue weighted by Crippen LogP contribution is -2.32. The largest absolute Gasteiger partial charge is 0.493 e. The van der Waals surface area contributed by atoms with Gasteiger partial charge in [0.05, 0.1) is 14.2 Å². The molecule has 0 aliphatic rings. The van der Waals surface area contributed by atoms with Crippen LogP contribution in [0.4, 0.5) is 0 Å². The van der Waals surface area contributed by atoms with Gasteiger partial charge in [-0.1, -0.05) is 0 Å². The van der Waals surface area contributed by atoms with Crippen LogP contribution in [0.25, 0.3) is 0 Å². The Labute approximate surface area is 114 Å². The first kappa shape index (κ1) is 15.3. The smallest absolute Gasteiger partial charge is 0.253 e. The van der Waals surface area contributed by atoms with Gasteiger partial charge in [0.1, 0.15) is 0 Å². The van der Waals surface area contributed by atoms with Gasteiger partial charge in [-0.3, -0.25) is 4.79 Å². The summed E-state index contributed by atoms with van der Waals surface area (Å²) in [7, 11) is 3.12. The molecule has 0 saturated heterocycles. The third kappa shape index (κ3) is 3.86. The lowest BCUT2D eigenvalue weighted by Gasteiger charge is -2.21. The first-order chi connectivity index (χ1) is 9.17. The second-order valence-electron chi connectivity index (χ2n) is 4.10. The molecule has 19 heavy (non-hydrogen) atoms. The fourth-order valence-corrected chi connectivity index (χ4v) is 1.84. The van der Waals surface area contributed by atoms with Crippen molar-refractivity contribution in [3.63, 3.8) is 0 Å². The molecule has 5 nitrogen and oxygen atoms in total. The van der Waals surface area contributed by atoms with E-state index in [9.17, 15) is 4.79 Å². The monoisotopic (exact) mass is 266 g/mol. The minimum absolute atomic E-state index is 0.0168. The van der Waals surface area contributed by atoms with E-state index in [0.29, 0.717) is 36.7 Å². The van der Waals surface area contributed by atoms with E-state index in [0.717, 1.165) is 6.42 Å². The summed E-state index contributed by atoms with van der Waals surface area (Å²) in [6, 6.07) is 5.18. The zero-order chi connectivity index (χ0) is 14.3. The molecule has 1 aromatic carbocycles. The first-order valence-corrected chi connectivity index (χ1v) is 6.39. The lowest BCUT2D eigenvalue weighted by molar-refractivity contribution is 0.0763. The number of ether oxygens (including phenoxy) is 2. The van der Waals surface area contributed by atoms with Crippen molar-refractivity contribution in [2.75, 3.05) is 33.9 Å². The SMILES string of the molecule is CCN(CCCN)C(=O)c1ccc(OC)c(OC)c1. The van der Waals surface area contributed by atoms with Crippen LogP contribution in [0.5, 0.6) is 11.5 Å². The van der Waals surface area contributed by atoms with Crippen LogP contribution in [-0.2, 0) is 0 Å². The Morgan fingerprint density at radius 1 is 1.26 bits per heavy atom. The molecular weight excluding hydrogens is 244 g/mol. The Morgan fingerprint density at radius 2 is 1.95 bits per heavy atom. The van der Waals surface area contributed by atoms with Crippen LogP contribution < -0.4 is 15.2 Å². The van der Waals surface area contributed by atoms with Crippen LogP contribution in [0.2, 0.25) is 0 Å². The molecule has 5 heteroatoms. The predicted molar refractivity (Wildman–Crippen MR) is 74.8 cm³/mol. The Bertz CT molecular complexity index is 421. The molecule has 0 saturated carbocycles. The highest BCUT2D eigenvalue weighted by atomic mass is 16.5. The number of carbonyl (C=O) groups is 1. The standard InChI is InChI=1S/C14H22N2O3/c1-4-16(9-5-8-15)14(17)11-6-7-12(18-2)13(10-11)19-3/h6-7,10H,4-5,8-9,15H2,1-3H3. The number of hydrogen-bond donors (Lipinski definition) is 1. The molecule has 0 unspecified atom stereocenters. The second kappa shape index (κ2) is 7.63. The van der Waals surface area contributed by atoms with E-state index in [1.807, 2.05) is 6.92 Å². The molecule has 0 atom stereocenters. The van der Waals surface area contributed by atoms with E-state index >= 15 is 0 Å². The van der Waals surface area contributed by atoms with E-state index in [1.165, 1.54) is 0 Å². The van der Waals surface area contributed by atoms with Crippen molar-refractivity contribution in [2.45, 2.75) is 13.3 Å². The maximum absolute atomic E-state index is 12.3. The molecule has 1 aromatic rings. The van der Waals surface area contributed by atoms with Crippen LogP contribution >= 0.6 is 0 Å². The number of nitrogens with zero attached hydrogens (tertiary/aromatic N) is 1. The van der Waals surface area contributed by atoms with Gasteiger partial charge >= 0.3 is 0 Å². The van der Waals surface area contributed by atoms with Crippen molar-refractivity contribution >= 4 is 5.91 Å². The van der Waals surface area contributed by atoms with Crippen LogP contribution in [-0.4, -0.2) is 44.7 Å². The molecule has 0 aliphatic heterocycles. The number of hydrogen-bond acceptors (Lipinski definition) is 4. The van der Waals surface area contributed by atoms with Gasteiger partial charge in [0.15, 0.2) is 11.5 Å². The van der Waals surface area contributed by atoms with Crippen LogP contribution in [0, 0.1) is 0 Å². The molecule has 0 heterocycles. The Balaban J connectivity index is 2.91. The number of methoxy groups -OCH3 is 2. The zero-order valence-electron chi connectivity index (χ0n) is 11.8. The summed E-state index contributed by atoms with van der Waals surface area (Å²) in [5.74, 6) is 1.16. The van der Waals surface area contributed by atoms with Gasteiger partial charge in [-0.2, -0.15) is 0 Å². The van der Waals surface area contributed by atoms with Gasteiger partial charge in [-0.25, -0.2) is 0 Å². The summed E-state index contributed by atoms with van der Waals surface area (Å²) in [6.45, 7) is 3.86. The Kier molecular flexibility index (Phi) is 6.15. The summed E-state index contributed by atoms with van der Waals surface area (Å²) >= 11 is 0. The van der Waals surface area contributed by atoms with Crippen LogP contribution in [0.3, 0.4) is 0 Å².